The Morgan fingerprint density at radius 3 is 2.60 bits per heavy atom. The van der Waals surface area contributed by atoms with E-state index in [0.717, 1.165) is 18.9 Å². The van der Waals surface area contributed by atoms with Crippen LogP contribution in [0.4, 0.5) is 18.9 Å². The third-order valence-corrected chi connectivity index (χ3v) is 4.23. The van der Waals surface area contributed by atoms with Crippen LogP contribution in [0.1, 0.15) is 47.8 Å². The van der Waals surface area contributed by atoms with Gasteiger partial charge in [0.25, 0.3) is 5.91 Å². The normalized spacial score (nSPS) is 11.1. The van der Waals surface area contributed by atoms with Crippen LogP contribution in [-0.4, -0.2) is 27.7 Å². The van der Waals surface area contributed by atoms with Gasteiger partial charge < -0.3 is 15.2 Å². The van der Waals surface area contributed by atoms with Crippen LogP contribution in [0.5, 0.6) is 5.75 Å². The molecule has 0 radical (unpaired) electrons. The number of benzene rings is 1. The third kappa shape index (κ3) is 6.96. The molecular formula is C20H22F3N3O3S. The average molecular weight is 441 g/mol. The molecule has 2 rings (SSSR count). The largest absolute Gasteiger partial charge is 0.493 e. The van der Waals surface area contributed by atoms with E-state index in [-0.39, 0.29) is 35.3 Å². The fourth-order valence-electron chi connectivity index (χ4n) is 2.48. The molecule has 0 saturated heterocycles. The average Bonchev–Trinajstić information content (AvgIpc) is 2.71. The number of carbonyl (C=O) groups excluding carboxylic acids is 1. The number of aromatic nitrogens is 1. The molecule has 2 aromatic rings. The Balaban J connectivity index is 2.05. The second kappa shape index (κ2) is 10.9. The minimum atomic E-state index is -4.61. The van der Waals surface area contributed by atoms with Crippen molar-refractivity contribution in [3.63, 3.8) is 0 Å². The number of hydrogen-bond acceptors (Lipinski definition) is 5. The molecule has 1 aromatic heterocycles. The molecule has 0 unspecified atom stereocenters. The van der Waals surface area contributed by atoms with Crippen molar-refractivity contribution in [2.75, 3.05) is 11.9 Å². The maximum atomic E-state index is 13.4. The van der Waals surface area contributed by atoms with Crippen molar-refractivity contribution in [3.8, 4) is 5.75 Å². The first-order chi connectivity index (χ1) is 14.2. The number of pyridine rings is 1. The number of alkyl halides is 3. The van der Waals surface area contributed by atoms with Crippen LogP contribution in [-0.2, 0) is 12.8 Å². The van der Waals surface area contributed by atoms with E-state index in [1.165, 1.54) is 30.5 Å². The highest BCUT2D eigenvalue weighted by molar-refractivity contribution is 7.80. The quantitative estimate of drug-likeness (QED) is 0.419. The van der Waals surface area contributed by atoms with Gasteiger partial charge in [0, 0.05) is 11.9 Å². The summed E-state index contributed by atoms with van der Waals surface area (Å²) in [7, 11) is 0. The van der Waals surface area contributed by atoms with Gasteiger partial charge in [0.15, 0.2) is 5.11 Å². The molecule has 0 aliphatic rings. The zero-order valence-corrected chi connectivity index (χ0v) is 17.1. The zero-order chi connectivity index (χ0) is 22.1. The van der Waals surface area contributed by atoms with Crippen molar-refractivity contribution in [2.24, 2.45) is 0 Å². The van der Waals surface area contributed by atoms with Gasteiger partial charge in [-0.05, 0) is 49.0 Å². The van der Waals surface area contributed by atoms with Gasteiger partial charge in [0.05, 0.1) is 30.0 Å². The van der Waals surface area contributed by atoms with Crippen molar-refractivity contribution in [3.05, 3.63) is 53.3 Å². The molecule has 0 bridgehead atoms. The summed E-state index contributed by atoms with van der Waals surface area (Å²) in [5, 5.41) is 13.7. The fourth-order valence-corrected chi connectivity index (χ4v) is 2.69. The molecular weight excluding hydrogens is 419 g/mol. The highest BCUT2D eigenvalue weighted by atomic mass is 32.1. The second-order valence-electron chi connectivity index (χ2n) is 6.37. The molecule has 0 fully saturated rings. The molecule has 162 valence electrons. The molecule has 1 aromatic carbocycles. The van der Waals surface area contributed by atoms with Gasteiger partial charge in [-0.3, -0.25) is 15.1 Å². The molecule has 0 aliphatic heterocycles. The topological polar surface area (TPSA) is 83.5 Å². The molecule has 10 heteroatoms. The van der Waals surface area contributed by atoms with Gasteiger partial charge in [0.2, 0.25) is 0 Å². The van der Waals surface area contributed by atoms with Crippen molar-refractivity contribution in [2.45, 2.75) is 39.0 Å². The number of unbranched alkanes of at least 4 members (excludes halogenated alkanes) is 2. The maximum Gasteiger partial charge on any atom is 0.420 e. The molecule has 0 aliphatic carbocycles. The van der Waals surface area contributed by atoms with Gasteiger partial charge in [0.1, 0.15) is 5.75 Å². The first kappa shape index (κ1) is 23.6. The molecule has 0 spiro atoms. The number of amides is 1. The lowest BCUT2D eigenvalue weighted by Crippen LogP contribution is -2.34. The van der Waals surface area contributed by atoms with Crippen molar-refractivity contribution in [1.29, 1.82) is 0 Å². The Morgan fingerprint density at radius 2 is 2.00 bits per heavy atom. The van der Waals surface area contributed by atoms with Gasteiger partial charge in [-0.2, -0.15) is 13.2 Å². The summed E-state index contributed by atoms with van der Waals surface area (Å²) in [4.78, 5) is 16.0. The fraction of sp³-hybridized carbons (Fsp3) is 0.350. The lowest BCUT2D eigenvalue weighted by molar-refractivity contribution is -0.138. The molecule has 6 nitrogen and oxygen atoms in total. The zero-order valence-electron chi connectivity index (χ0n) is 16.3. The van der Waals surface area contributed by atoms with Crippen LogP contribution in [0, 0.1) is 0 Å². The first-order valence-corrected chi connectivity index (χ1v) is 9.67. The number of ether oxygens (including phenoxy) is 1. The summed E-state index contributed by atoms with van der Waals surface area (Å²) >= 11 is 5.01. The van der Waals surface area contributed by atoms with Gasteiger partial charge in [-0.1, -0.05) is 19.8 Å². The van der Waals surface area contributed by atoms with E-state index in [2.05, 4.69) is 15.6 Å². The summed E-state index contributed by atoms with van der Waals surface area (Å²) in [6.07, 6.45) is -0.882. The summed E-state index contributed by atoms with van der Waals surface area (Å²) in [6.45, 7) is 1.92. The van der Waals surface area contributed by atoms with Gasteiger partial charge >= 0.3 is 6.18 Å². The second-order valence-corrected chi connectivity index (χ2v) is 6.78. The Kier molecular flexibility index (Phi) is 8.55. The van der Waals surface area contributed by atoms with Crippen molar-refractivity contribution >= 4 is 28.9 Å². The SMILES string of the molecule is CCCCCOc1ccc(NC(=S)NC(=O)c2ccc(CO)nc2)cc1C(F)(F)F. The summed E-state index contributed by atoms with van der Waals surface area (Å²) in [6, 6.07) is 6.41. The van der Waals surface area contributed by atoms with Crippen LogP contribution in [0.3, 0.4) is 0 Å². The smallest absolute Gasteiger partial charge is 0.420 e. The van der Waals surface area contributed by atoms with E-state index in [0.29, 0.717) is 12.1 Å². The number of nitrogens with zero attached hydrogens (tertiary/aromatic N) is 1. The number of rotatable bonds is 8. The van der Waals surface area contributed by atoms with E-state index in [4.69, 9.17) is 22.1 Å². The van der Waals surface area contributed by atoms with E-state index >= 15 is 0 Å². The lowest BCUT2D eigenvalue weighted by Gasteiger charge is -2.16. The predicted molar refractivity (Wildman–Crippen MR) is 110 cm³/mol. The van der Waals surface area contributed by atoms with Crippen LogP contribution in [0.2, 0.25) is 0 Å². The highest BCUT2D eigenvalue weighted by Gasteiger charge is 2.34. The predicted octanol–water partition coefficient (Wildman–Crippen LogP) is 4.29. The minimum absolute atomic E-state index is 0.0577. The van der Waals surface area contributed by atoms with E-state index in [1.807, 2.05) is 6.92 Å². The highest BCUT2D eigenvalue weighted by Crippen LogP contribution is 2.38. The van der Waals surface area contributed by atoms with Crippen LogP contribution >= 0.6 is 12.2 Å². The van der Waals surface area contributed by atoms with Gasteiger partial charge in [-0.25, -0.2) is 0 Å². The first-order valence-electron chi connectivity index (χ1n) is 9.26. The molecule has 1 heterocycles. The number of aliphatic hydroxyl groups is 1. The van der Waals surface area contributed by atoms with Crippen LogP contribution < -0.4 is 15.4 Å². The van der Waals surface area contributed by atoms with Gasteiger partial charge in [-0.15, -0.1) is 0 Å². The Bertz CT molecular complexity index is 874. The standard InChI is InChI=1S/C20H22F3N3O3S/c1-2-3-4-9-29-17-8-7-14(10-16(17)20(21,22)23)25-19(30)26-18(28)13-5-6-15(12-27)24-11-13/h5-8,10-11,27H,2-4,9,12H2,1H3,(H2,25,26,28,30). The number of nitrogens with one attached hydrogen (secondary N) is 2. The molecule has 3 N–H and O–H groups in total. The third-order valence-electron chi connectivity index (χ3n) is 4.02. The van der Waals surface area contributed by atoms with E-state index in [1.54, 1.807) is 0 Å². The molecule has 0 saturated carbocycles. The van der Waals surface area contributed by atoms with Crippen LogP contribution in [0.15, 0.2) is 36.5 Å². The summed E-state index contributed by atoms with van der Waals surface area (Å²) in [5.41, 5.74) is -0.295. The Hall–Kier alpha value is -2.72. The Morgan fingerprint density at radius 1 is 1.23 bits per heavy atom. The minimum Gasteiger partial charge on any atom is -0.493 e. The van der Waals surface area contributed by atoms with E-state index in [9.17, 15) is 18.0 Å². The number of thiocarbonyl (C=S) groups is 1. The number of hydrogen-bond donors (Lipinski definition) is 3. The number of aliphatic hydroxyl groups excluding tert-OH is 1. The molecule has 0 atom stereocenters. The molecule has 1 amide bonds. The maximum absolute atomic E-state index is 13.4. The van der Waals surface area contributed by atoms with Crippen molar-refractivity contribution in [1.82, 2.24) is 10.3 Å². The lowest BCUT2D eigenvalue weighted by atomic mass is 10.1. The van der Waals surface area contributed by atoms with Crippen molar-refractivity contribution < 1.29 is 27.8 Å². The molecule has 30 heavy (non-hydrogen) atoms. The monoisotopic (exact) mass is 441 g/mol. The number of anilines is 1. The number of carbonyl (C=O) groups is 1. The van der Waals surface area contributed by atoms with E-state index < -0.39 is 17.6 Å². The summed E-state index contributed by atoms with van der Waals surface area (Å²) in [5.74, 6) is -0.842. The van der Waals surface area contributed by atoms with Crippen LogP contribution in [0.25, 0.3) is 0 Å². The summed E-state index contributed by atoms with van der Waals surface area (Å²) < 4.78 is 45.5. The number of halogens is 3. The Labute approximate surface area is 177 Å².